The highest BCUT2D eigenvalue weighted by molar-refractivity contribution is 6.27. The highest BCUT2D eigenvalue weighted by atomic mass is 35.5. The van der Waals surface area contributed by atoms with Gasteiger partial charge in [-0.2, -0.15) is 13.2 Å². The maximum absolute atomic E-state index is 13.5. The van der Waals surface area contributed by atoms with Crippen LogP contribution in [0.1, 0.15) is 21.5 Å². The average molecular weight is 437 g/mol. The van der Waals surface area contributed by atoms with Gasteiger partial charge >= 0.3 is 12.1 Å². The number of carbonyl (C=O) groups is 1. The molecule has 2 heterocycles. The molecule has 0 spiro atoms. The second-order valence-electron chi connectivity index (χ2n) is 6.78. The van der Waals surface area contributed by atoms with Crippen molar-refractivity contribution in [1.82, 2.24) is 5.16 Å². The van der Waals surface area contributed by atoms with Gasteiger partial charge in [-0.3, -0.25) is 0 Å². The second-order valence-corrected chi connectivity index (χ2v) is 7.31. The average Bonchev–Trinajstić information content (AvgIpc) is 3.16. The molecule has 30 heavy (non-hydrogen) atoms. The molecule has 0 amide bonds. The molecule has 1 aliphatic rings. The van der Waals surface area contributed by atoms with Crippen LogP contribution in [-0.4, -0.2) is 36.7 Å². The van der Waals surface area contributed by atoms with E-state index in [2.05, 4.69) is 9.89 Å². The zero-order chi connectivity index (χ0) is 21.5. The number of hydrogen-bond acceptors (Lipinski definition) is 5. The number of fused-ring (bicyclic) bond motifs is 1. The Morgan fingerprint density at radius 1 is 1.23 bits per heavy atom. The lowest BCUT2D eigenvalue weighted by Crippen LogP contribution is -2.35. The molecule has 9 heteroatoms. The normalized spacial score (nSPS) is 17.2. The van der Waals surface area contributed by atoms with Gasteiger partial charge in [0.1, 0.15) is 0 Å². The van der Waals surface area contributed by atoms with Crippen LogP contribution in [0.5, 0.6) is 0 Å². The van der Waals surface area contributed by atoms with Crippen molar-refractivity contribution in [3.8, 4) is 0 Å². The quantitative estimate of drug-likeness (QED) is 0.420. The molecule has 0 N–H and O–H groups in total. The first-order valence-corrected chi connectivity index (χ1v) is 9.46. The molecule has 1 atom stereocenters. The fourth-order valence-corrected chi connectivity index (χ4v) is 3.90. The summed E-state index contributed by atoms with van der Waals surface area (Å²) in [5, 5.41) is 3.31. The van der Waals surface area contributed by atoms with Crippen LogP contribution in [0.25, 0.3) is 16.5 Å². The van der Waals surface area contributed by atoms with Gasteiger partial charge in [0.15, 0.2) is 11.4 Å². The molecule has 0 aliphatic carbocycles. The van der Waals surface area contributed by atoms with E-state index in [4.69, 9.17) is 16.1 Å². The fourth-order valence-electron chi connectivity index (χ4n) is 3.52. The summed E-state index contributed by atoms with van der Waals surface area (Å²) in [6, 6.07) is 10.5. The van der Waals surface area contributed by atoms with E-state index in [0.29, 0.717) is 12.1 Å². The Kier molecular flexibility index (Phi) is 5.19. The number of anilines is 1. The van der Waals surface area contributed by atoms with Gasteiger partial charge in [-0.25, -0.2) is 4.79 Å². The van der Waals surface area contributed by atoms with Crippen molar-refractivity contribution < 1.29 is 27.2 Å². The Bertz CT molecular complexity index is 1120. The molecular weight excluding hydrogens is 421 g/mol. The number of nitrogens with zero attached hydrogens (tertiary/aromatic N) is 2. The molecule has 1 unspecified atom stereocenters. The van der Waals surface area contributed by atoms with Gasteiger partial charge in [-0.05, 0) is 35.4 Å². The van der Waals surface area contributed by atoms with Crippen LogP contribution in [-0.2, 0) is 10.9 Å². The number of carbonyl (C=O) groups excluding carboxylic acids is 1. The lowest BCUT2D eigenvalue weighted by molar-refractivity contribution is -0.136. The fraction of sp³-hybridized carbons (Fsp3) is 0.238. The lowest BCUT2D eigenvalue weighted by atomic mass is 9.97. The van der Waals surface area contributed by atoms with Gasteiger partial charge in [0, 0.05) is 13.1 Å². The van der Waals surface area contributed by atoms with Crippen molar-refractivity contribution in [2.24, 2.45) is 0 Å². The van der Waals surface area contributed by atoms with E-state index < -0.39 is 23.1 Å². The molecule has 0 saturated carbocycles. The minimum atomic E-state index is -4.53. The van der Waals surface area contributed by atoms with Crippen molar-refractivity contribution in [3.63, 3.8) is 0 Å². The van der Waals surface area contributed by atoms with Crippen LogP contribution < -0.4 is 4.90 Å². The van der Waals surface area contributed by atoms with E-state index in [-0.39, 0.29) is 23.3 Å². The third-order valence-corrected chi connectivity index (χ3v) is 5.35. The largest absolute Gasteiger partial charge is 0.465 e. The maximum Gasteiger partial charge on any atom is 0.417 e. The van der Waals surface area contributed by atoms with Crippen molar-refractivity contribution in [1.29, 1.82) is 0 Å². The topological polar surface area (TPSA) is 55.6 Å². The van der Waals surface area contributed by atoms with Gasteiger partial charge in [0.25, 0.3) is 0 Å². The summed E-state index contributed by atoms with van der Waals surface area (Å²) in [5.74, 6) is -0.328. The van der Waals surface area contributed by atoms with E-state index in [1.54, 1.807) is 29.2 Å². The lowest BCUT2D eigenvalue weighted by Gasteiger charge is -2.30. The van der Waals surface area contributed by atoms with Crippen molar-refractivity contribution in [3.05, 3.63) is 65.2 Å². The van der Waals surface area contributed by atoms with Gasteiger partial charge in [0.05, 0.1) is 29.0 Å². The van der Waals surface area contributed by atoms with E-state index in [9.17, 15) is 18.0 Å². The predicted octanol–water partition coefficient (Wildman–Crippen LogP) is 5.14. The first kappa shape index (κ1) is 20.3. The SMILES string of the molecule is COC(=O)c1ccc(C2=CCN(c3noc4cccc(C(F)(F)F)c34)CC2Cl)cc1. The van der Waals surface area contributed by atoms with Crippen LogP contribution in [0.4, 0.5) is 19.0 Å². The summed E-state index contributed by atoms with van der Waals surface area (Å²) < 4.78 is 50.2. The van der Waals surface area contributed by atoms with E-state index in [1.165, 1.54) is 19.2 Å². The Labute approximate surface area is 174 Å². The number of alkyl halides is 4. The van der Waals surface area contributed by atoms with Gasteiger partial charge in [-0.1, -0.05) is 29.4 Å². The first-order valence-electron chi connectivity index (χ1n) is 9.03. The molecule has 0 radical (unpaired) electrons. The zero-order valence-corrected chi connectivity index (χ0v) is 16.5. The van der Waals surface area contributed by atoms with Crippen molar-refractivity contribution in [2.75, 3.05) is 25.1 Å². The van der Waals surface area contributed by atoms with E-state index in [0.717, 1.165) is 17.2 Å². The molecule has 3 aromatic rings. The number of esters is 1. The summed E-state index contributed by atoms with van der Waals surface area (Å²) >= 11 is 6.56. The Balaban J connectivity index is 1.65. The standard InChI is InChI=1S/C21H16ClF3N2O3/c1-29-20(28)13-7-5-12(6-8-13)14-9-10-27(11-16(14)22)19-18-15(21(23,24)25)3-2-4-17(18)30-26-19/h2-9,16H,10-11H2,1H3. The molecule has 4 rings (SSSR count). The molecule has 5 nitrogen and oxygen atoms in total. The number of hydrogen-bond donors (Lipinski definition) is 0. The van der Waals surface area contributed by atoms with Crippen LogP contribution in [0.15, 0.2) is 53.1 Å². The second kappa shape index (κ2) is 7.68. The van der Waals surface area contributed by atoms with E-state index >= 15 is 0 Å². The summed E-state index contributed by atoms with van der Waals surface area (Å²) in [7, 11) is 1.31. The smallest absolute Gasteiger partial charge is 0.417 e. The number of ether oxygens (including phenoxy) is 1. The third kappa shape index (κ3) is 3.63. The molecule has 156 valence electrons. The number of benzene rings is 2. The van der Waals surface area contributed by atoms with Crippen molar-refractivity contribution >= 4 is 39.9 Å². The van der Waals surface area contributed by atoms with Gasteiger partial charge in [0.2, 0.25) is 0 Å². The summed E-state index contributed by atoms with van der Waals surface area (Å²) in [4.78, 5) is 13.2. The van der Waals surface area contributed by atoms with Crippen LogP contribution in [0.2, 0.25) is 0 Å². The zero-order valence-electron chi connectivity index (χ0n) is 15.7. The van der Waals surface area contributed by atoms with Crippen LogP contribution >= 0.6 is 11.6 Å². The molecule has 0 fully saturated rings. The third-order valence-electron chi connectivity index (χ3n) is 4.97. The minimum Gasteiger partial charge on any atom is -0.465 e. The molecule has 1 aliphatic heterocycles. The van der Waals surface area contributed by atoms with Crippen molar-refractivity contribution in [2.45, 2.75) is 11.6 Å². The minimum absolute atomic E-state index is 0.0686. The number of methoxy groups -OCH3 is 1. The summed E-state index contributed by atoms with van der Waals surface area (Å²) in [6.07, 6.45) is -2.69. The van der Waals surface area contributed by atoms with Crippen LogP contribution in [0, 0.1) is 0 Å². The van der Waals surface area contributed by atoms with Gasteiger partial charge < -0.3 is 14.2 Å². The molecule has 0 bridgehead atoms. The summed E-state index contributed by atoms with van der Waals surface area (Å²) in [5.41, 5.74) is 1.34. The highest BCUT2D eigenvalue weighted by Crippen LogP contribution is 2.40. The summed E-state index contributed by atoms with van der Waals surface area (Å²) in [6.45, 7) is 0.561. The molecule has 2 aromatic carbocycles. The Hall–Kier alpha value is -3.00. The van der Waals surface area contributed by atoms with E-state index in [1.807, 2.05) is 6.08 Å². The molecule has 1 aromatic heterocycles. The van der Waals surface area contributed by atoms with Crippen LogP contribution in [0.3, 0.4) is 0 Å². The number of rotatable bonds is 3. The highest BCUT2D eigenvalue weighted by Gasteiger charge is 2.36. The monoisotopic (exact) mass is 436 g/mol. The maximum atomic E-state index is 13.5. The predicted molar refractivity (Wildman–Crippen MR) is 107 cm³/mol. The molecule has 0 saturated heterocycles. The molecular formula is C21H16ClF3N2O3. The Morgan fingerprint density at radius 2 is 1.97 bits per heavy atom. The first-order chi connectivity index (χ1) is 14.3. The van der Waals surface area contributed by atoms with Gasteiger partial charge in [-0.15, -0.1) is 11.6 Å². The Morgan fingerprint density at radius 3 is 2.60 bits per heavy atom. The number of aromatic nitrogens is 1. The number of halogens is 4.